The quantitative estimate of drug-likeness (QED) is 0.692. The predicted octanol–water partition coefficient (Wildman–Crippen LogP) is 2.64. The largest absolute Gasteiger partial charge is 0.465 e. The average Bonchev–Trinajstić information content (AvgIpc) is 2.80. The van der Waals surface area contributed by atoms with Crippen LogP contribution in [-0.4, -0.2) is 69.7 Å². The zero-order valence-electron chi connectivity index (χ0n) is 18.9. The molecule has 0 saturated carbocycles. The van der Waals surface area contributed by atoms with Crippen LogP contribution in [0.15, 0.2) is 36.4 Å². The number of esters is 2. The molecule has 3 rings (SSSR count). The Morgan fingerprint density at radius 3 is 2.06 bits per heavy atom. The Morgan fingerprint density at radius 2 is 1.50 bits per heavy atom. The second-order valence-electron chi connectivity index (χ2n) is 7.81. The summed E-state index contributed by atoms with van der Waals surface area (Å²) in [5.41, 5.74) is 4.45. The summed E-state index contributed by atoms with van der Waals surface area (Å²) in [4.78, 5) is 40.9. The standard InChI is InChI=1S/C24H29N3O5/c1-16-6-5-7-21(17(16)2)27-10-8-26(9-11-27)15-22(28)25-20-13-18(23(29)31-3)12-19(14-20)24(30)32-4/h5-7,12-14H,8-11,15H2,1-4H3,(H,25,28). The molecule has 0 radical (unpaired) electrons. The lowest BCUT2D eigenvalue weighted by Crippen LogP contribution is -2.48. The van der Waals surface area contributed by atoms with Crippen molar-refractivity contribution in [1.82, 2.24) is 4.90 Å². The molecule has 32 heavy (non-hydrogen) atoms. The molecule has 1 saturated heterocycles. The van der Waals surface area contributed by atoms with E-state index in [1.807, 2.05) is 0 Å². The fourth-order valence-corrected chi connectivity index (χ4v) is 3.80. The summed E-state index contributed by atoms with van der Waals surface area (Å²) >= 11 is 0. The summed E-state index contributed by atoms with van der Waals surface area (Å²) in [6.45, 7) is 7.66. The highest BCUT2D eigenvalue weighted by molar-refractivity contribution is 5.99. The molecule has 8 nitrogen and oxygen atoms in total. The van der Waals surface area contributed by atoms with Crippen LogP contribution in [0.5, 0.6) is 0 Å². The van der Waals surface area contributed by atoms with E-state index in [-0.39, 0.29) is 23.6 Å². The van der Waals surface area contributed by atoms with Crippen molar-refractivity contribution in [3.05, 3.63) is 58.7 Å². The van der Waals surface area contributed by atoms with Crippen molar-refractivity contribution in [1.29, 1.82) is 0 Å². The van der Waals surface area contributed by atoms with E-state index in [2.05, 4.69) is 47.2 Å². The second-order valence-corrected chi connectivity index (χ2v) is 7.81. The molecule has 8 heteroatoms. The first kappa shape index (κ1) is 23.3. The first-order valence-corrected chi connectivity index (χ1v) is 10.5. The Bertz CT molecular complexity index is 978. The normalized spacial score (nSPS) is 14.1. The van der Waals surface area contributed by atoms with Crippen molar-refractivity contribution in [2.45, 2.75) is 13.8 Å². The van der Waals surface area contributed by atoms with Gasteiger partial charge in [0, 0.05) is 37.6 Å². The SMILES string of the molecule is COC(=O)c1cc(NC(=O)CN2CCN(c3cccc(C)c3C)CC2)cc(C(=O)OC)c1. The second kappa shape index (κ2) is 10.3. The van der Waals surface area contributed by atoms with Gasteiger partial charge in [0.05, 0.1) is 31.9 Å². The fourth-order valence-electron chi connectivity index (χ4n) is 3.80. The smallest absolute Gasteiger partial charge is 0.337 e. The molecule has 2 aromatic carbocycles. The monoisotopic (exact) mass is 439 g/mol. The molecule has 1 fully saturated rings. The van der Waals surface area contributed by atoms with Crippen molar-refractivity contribution < 1.29 is 23.9 Å². The van der Waals surface area contributed by atoms with Crippen LogP contribution in [0.4, 0.5) is 11.4 Å². The van der Waals surface area contributed by atoms with Crippen LogP contribution in [0.1, 0.15) is 31.8 Å². The molecule has 0 aromatic heterocycles. The number of ether oxygens (including phenoxy) is 2. The van der Waals surface area contributed by atoms with Crippen LogP contribution in [0.25, 0.3) is 0 Å². The van der Waals surface area contributed by atoms with Gasteiger partial charge in [-0.05, 0) is 49.2 Å². The number of amides is 1. The van der Waals surface area contributed by atoms with E-state index >= 15 is 0 Å². The highest BCUT2D eigenvalue weighted by Crippen LogP contribution is 2.24. The number of hydrogen-bond donors (Lipinski definition) is 1. The van der Waals surface area contributed by atoms with Crippen molar-refractivity contribution in [3.8, 4) is 0 Å². The zero-order valence-corrected chi connectivity index (χ0v) is 18.9. The van der Waals surface area contributed by atoms with Gasteiger partial charge in [-0.25, -0.2) is 9.59 Å². The van der Waals surface area contributed by atoms with Crippen molar-refractivity contribution in [3.63, 3.8) is 0 Å². The third-order valence-corrected chi connectivity index (χ3v) is 5.72. The number of nitrogens with zero attached hydrogens (tertiary/aromatic N) is 2. The van der Waals surface area contributed by atoms with Crippen LogP contribution in [0.2, 0.25) is 0 Å². The minimum Gasteiger partial charge on any atom is -0.465 e. The third-order valence-electron chi connectivity index (χ3n) is 5.72. The maximum atomic E-state index is 12.6. The number of anilines is 2. The summed E-state index contributed by atoms with van der Waals surface area (Å²) in [6.07, 6.45) is 0. The van der Waals surface area contributed by atoms with Crippen LogP contribution < -0.4 is 10.2 Å². The summed E-state index contributed by atoms with van der Waals surface area (Å²) in [6, 6.07) is 10.7. The molecule has 0 bridgehead atoms. The zero-order chi connectivity index (χ0) is 23.3. The molecule has 2 aromatic rings. The van der Waals surface area contributed by atoms with Crippen LogP contribution >= 0.6 is 0 Å². The van der Waals surface area contributed by atoms with E-state index in [1.54, 1.807) is 0 Å². The number of piperazine rings is 1. The average molecular weight is 440 g/mol. The molecule has 170 valence electrons. The number of rotatable bonds is 6. The van der Waals surface area contributed by atoms with Gasteiger partial charge < -0.3 is 19.7 Å². The summed E-state index contributed by atoms with van der Waals surface area (Å²) in [7, 11) is 2.51. The first-order valence-electron chi connectivity index (χ1n) is 10.5. The molecule has 1 aliphatic rings. The maximum Gasteiger partial charge on any atom is 0.337 e. The van der Waals surface area contributed by atoms with Crippen molar-refractivity contribution in [2.24, 2.45) is 0 Å². The Labute approximate surface area is 188 Å². The Balaban J connectivity index is 1.62. The number of methoxy groups -OCH3 is 2. The molecule has 0 spiro atoms. The summed E-state index contributed by atoms with van der Waals surface area (Å²) in [5, 5.41) is 2.78. The van der Waals surface area contributed by atoms with Gasteiger partial charge in [0.2, 0.25) is 5.91 Å². The van der Waals surface area contributed by atoms with Gasteiger partial charge in [0.1, 0.15) is 0 Å². The molecule has 0 aliphatic carbocycles. The minimum absolute atomic E-state index is 0.160. The highest BCUT2D eigenvalue weighted by Gasteiger charge is 2.21. The van der Waals surface area contributed by atoms with Crippen LogP contribution in [-0.2, 0) is 14.3 Å². The molecule has 0 atom stereocenters. The summed E-state index contributed by atoms with van der Waals surface area (Å²) < 4.78 is 9.46. The van der Waals surface area contributed by atoms with Crippen LogP contribution in [0, 0.1) is 13.8 Å². The fraction of sp³-hybridized carbons (Fsp3) is 0.375. The van der Waals surface area contributed by atoms with Gasteiger partial charge >= 0.3 is 11.9 Å². The molecule has 1 aliphatic heterocycles. The highest BCUT2D eigenvalue weighted by atomic mass is 16.5. The van der Waals surface area contributed by atoms with E-state index in [9.17, 15) is 14.4 Å². The number of nitrogens with one attached hydrogen (secondary N) is 1. The Hall–Kier alpha value is -3.39. The van der Waals surface area contributed by atoms with Gasteiger partial charge in [0.15, 0.2) is 0 Å². The van der Waals surface area contributed by atoms with Gasteiger partial charge in [-0.3, -0.25) is 9.69 Å². The number of carbonyl (C=O) groups is 3. The minimum atomic E-state index is -0.603. The van der Waals surface area contributed by atoms with Crippen molar-refractivity contribution >= 4 is 29.2 Å². The van der Waals surface area contributed by atoms with Gasteiger partial charge in [0.25, 0.3) is 0 Å². The van der Waals surface area contributed by atoms with E-state index in [0.29, 0.717) is 5.69 Å². The van der Waals surface area contributed by atoms with E-state index in [1.165, 1.54) is 49.2 Å². The molecular weight excluding hydrogens is 410 g/mol. The molecule has 1 amide bonds. The van der Waals surface area contributed by atoms with Crippen molar-refractivity contribution in [2.75, 3.05) is 57.2 Å². The molecule has 1 heterocycles. The van der Waals surface area contributed by atoms with Gasteiger partial charge in [-0.15, -0.1) is 0 Å². The number of carbonyl (C=O) groups excluding carboxylic acids is 3. The Morgan fingerprint density at radius 1 is 0.906 bits per heavy atom. The topological polar surface area (TPSA) is 88.2 Å². The number of benzene rings is 2. The van der Waals surface area contributed by atoms with Gasteiger partial charge in [-0.2, -0.15) is 0 Å². The van der Waals surface area contributed by atoms with Crippen LogP contribution in [0.3, 0.4) is 0 Å². The maximum absolute atomic E-state index is 12.6. The van der Waals surface area contributed by atoms with E-state index < -0.39 is 11.9 Å². The number of aryl methyl sites for hydroxylation is 1. The third kappa shape index (κ3) is 5.45. The predicted molar refractivity (Wildman–Crippen MR) is 122 cm³/mol. The molecule has 0 unspecified atom stereocenters. The molecule has 1 N–H and O–H groups in total. The van der Waals surface area contributed by atoms with E-state index in [0.717, 1.165) is 26.2 Å². The lowest BCUT2D eigenvalue weighted by Gasteiger charge is -2.36. The first-order chi connectivity index (χ1) is 15.3. The number of hydrogen-bond acceptors (Lipinski definition) is 7. The summed E-state index contributed by atoms with van der Waals surface area (Å²) in [5.74, 6) is -1.43. The Kier molecular flexibility index (Phi) is 7.48. The molecular formula is C24H29N3O5. The lowest BCUT2D eigenvalue weighted by molar-refractivity contribution is -0.117. The van der Waals surface area contributed by atoms with E-state index in [4.69, 9.17) is 9.47 Å². The lowest BCUT2D eigenvalue weighted by atomic mass is 10.1. The van der Waals surface area contributed by atoms with Gasteiger partial charge in [-0.1, -0.05) is 12.1 Å².